The minimum Gasteiger partial charge on any atom is -0.492 e. The smallest absolute Gasteiger partial charge is 0.328 e. The van der Waals surface area contributed by atoms with E-state index in [2.05, 4.69) is 0 Å². The Morgan fingerprint density at radius 3 is 1.86 bits per heavy atom. The third kappa shape index (κ3) is 8.29. The molecule has 0 unspecified atom stereocenters. The first-order valence-corrected chi connectivity index (χ1v) is 14.2. The largest absolute Gasteiger partial charge is 0.492 e. The van der Waals surface area contributed by atoms with E-state index in [1.807, 2.05) is 97.1 Å². The summed E-state index contributed by atoms with van der Waals surface area (Å²) in [4.78, 5) is 21.8. The van der Waals surface area contributed by atoms with Gasteiger partial charge in [0.1, 0.15) is 42.8 Å². The van der Waals surface area contributed by atoms with Crippen molar-refractivity contribution in [1.29, 1.82) is 0 Å². The molecule has 0 fully saturated rings. The SMILES string of the molecule is O=C(O)/C=C1\CCOc2cc(OCc3ccccc3)ccc21.O=C(O)CC1=CCOc2cc(OCc3ccccc3)ccc21. The molecule has 2 aliphatic heterocycles. The summed E-state index contributed by atoms with van der Waals surface area (Å²) in [6, 6.07) is 30.8. The van der Waals surface area contributed by atoms with Crippen LogP contribution in [-0.2, 0) is 22.8 Å². The normalized spacial score (nSPS) is 13.9. The predicted molar refractivity (Wildman–Crippen MR) is 166 cm³/mol. The topological polar surface area (TPSA) is 112 Å². The summed E-state index contributed by atoms with van der Waals surface area (Å²) in [5, 5.41) is 17.9. The molecule has 0 bridgehead atoms. The van der Waals surface area contributed by atoms with E-state index in [-0.39, 0.29) is 6.42 Å². The lowest BCUT2D eigenvalue weighted by molar-refractivity contribution is -0.136. The second-order valence-corrected chi connectivity index (χ2v) is 10.1. The van der Waals surface area contributed by atoms with Crippen LogP contribution in [0.3, 0.4) is 0 Å². The number of benzene rings is 4. The number of hydrogen-bond donors (Lipinski definition) is 2. The van der Waals surface area contributed by atoms with E-state index in [1.54, 1.807) is 6.08 Å². The van der Waals surface area contributed by atoms with Gasteiger partial charge >= 0.3 is 11.9 Å². The van der Waals surface area contributed by atoms with Crippen LogP contribution in [0.4, 0.5) is 0 Å². The Bertz CT molecular complexity index is 1660. The molecule has 4 aromatic rings. The lowest BCUT2D eigenvalue weighted by Gasteiger charge is -2.20. The van der Waals surface area contributed by atoms with Crippen molar-refractivity contribution < 1.29 is 38.7 Å². The van der Waals surface area contributed by atoms with E-state index in [4.69, 9.17) is 29.2 Å². The van der Waals surface area contributed by atoms with E-state index < -0.39 is 11.9 Å². The minimum atomic E-state index is -0.938. The third-order valence-electron chi connectivity index (χ3n) is 6.93. The van der Waals surface area contributed by atoms with Crippen LogP contribution in [0, 0.1) is 0 Å². The number of carboxylic acids is 2. The third-order valence-corrected chi connectivity index (χ3v) is 6.93. The van der Waals surface area contributed by atoms with Crippen LogP contribution < -0.4 is 18.9 Å². The zero-order chi connectivity index (χ0) is 30.7. The highest BCUT2D eigenvalue weighted by Crippen LogP contribution is 2.36. The monoisotopic (exact) mass is 592 g/mol. The molecule has 44 heavy (non-hydrogen) atoms. The molecule has 8 heteroatoms. The van der Waals surface area contributed by atoms with Gasteiger partial charge in [0, 0.05) is 35.8 Å². The van der Waals surface area contributed by atoms with Gasteiger partial charge in [-0.15, -0.1) is 0 Å². The highest BCUT2D eigenvalue weighted by Gasteiger charge is 2.18. The van der Waals surface area contributed by atoms with Crippen LogP contribution in [0.25, 0.3) is 11.1 Å². The molecule has 0 saturated carbocycles. The van der Waals surface area contributed by atoms with Crippen molar-refractivity contribution in [3.63, 3.8) is 0 Å². The fraction of sp³-hybridized carbons (Fsp3) is 0.167. The highest BCUT2D eigenvalue weighted by molar-refractivity contribution is 5.91. The van der Waals surface area contributed by atoms with Gasteiger partial charge in [-0.2, -0.15) is 0 Å². The minimum absolute atomic E-state index is 0.000575. The average molecular weight is 593 g/mol. The lowest BCUT2D eigenvalue weighted by Crippen LogP contribution is -2.09. The second kappa shape index (κ2) is 14.6. The maximum Gasteiger partial charge on any atom is 0.328 e. The molecule has 0 saturated heterocycles. The Kier molecular flexibility index (Phi) is 9.94. The number of carbonyl (C=O) groups is 2. The number of hydrogen-bond acceptors (Lipinski definition) is 6. The van der Waals surface area contributed by atoms with Crippen LogP contribution in [-0.4, -0.2) is 35.4 Å². The van der Waals surface area contributed by atoms with Crippen LogP contribution in [0.1, 0.15) is 35.1 Å². The van der Waals surface area contributed by atoms with E-state index in [0.717, 1.165) is 33.4 Å². The summed E-state index contributed by atoms with van der Waals surface area (Å²) in [6.07, 6.45) is 3.65. The van der Waals surface area contributed by atoms with Crippen LogP contribution in [0.2, 0.25) is 0 Å². The zero-order valence-corrected chi connectivity index (χ0v) is 24.0. The molecule has 2 N–H and O–H groups in total. The van der Waals surface area contributed by atoms with Gasteiger partial charge in [0.25, 0.3) is 0 Å². The standard InChI is InChI=1S/2C18H16O4/c2*19-18(20)10-14-8-9-21-17-11-15(6-7-16(14)17)22-12-13-4-2-1-3-5-13/h1-7,10-11H,8-9,12H2,(H,19,20);1-8,11H,9-10,12H2,(H,19,20)/b14-10+;. The van der Waals surface area contributed by atoms with Gasteiger partial charge in [-0.25, -0.2) is 4.79 Å². The predicted octanol–water partition coefficient (Wildman–Crippen LogP) is 7.03. The summed E-state index contributed by atoms with van der Waals surface area (Å²) in [5.74, 6) is 0.975. The van der Waals surface area contributed by atoms with Gasteiger partial charge in [-0.1, -0.05) is 60.7 Å². The zero-order valence-electron chi connectivity index (χ0n) is 24.0. The molecule has 0 amide bonds. The van der Waals surface area contributed by atoms with E-state index in [1.165, 1.54) is 6.08 Å². The Morgan fingerprint density at radius 1 is 0.727 bits per heavy atom. The van der Waals surface area contributed by atoms with E-state index in [0.29, 0.717) is 55.8 Å². The van der Waals surface area contributed by atoms with Gasteiger partial charge in [-0.05, 0) is 52.6 Å². The first kappa shape index (κ1) is 30.0. The quantitative estimate of drug-likeness (QED) is 0.199. The van der Waals surface area contributed by atoms with Crippen molar-refractivity contribution in [2.45, 2.75) is 26.1 Å². The first-order valence-electron chi connectivity index (χ1n) is 14.2. The molecule has 0 radical (unpaired) electrons. The van der Waals surface area contributed by atoms with Gasteiger partial charge in [-0.3, -0.25) is 4.79 Å². The molecule has 224 valence electrons. The van der Waals surface area contributed by atoms with Crippen molar-refractivity contribution in [1.82, 2.24) is 0 Å². The molecule has 2 aliphatic rings. The van der Waals surface area contributed by atoms with Gasteiger partial charge in [0.2, 0.25) is 0 Å². The maximum absolute atomic E-state index is 10.9. The van der Waals surface area contributed by atoms with Crippen molar-refractivity contribution in [3.05, 3.63) is 131 Å². The molecule has 0 spiro atoms. The summed E-state index contributed by atoms with van der Waals surface area (Å²) in [5.41, 5.74) is 5.38. The Hall–Kier alpha value is -5.50. The second-order valence-electron chi connectivity index (χ2n) is 10.1. The fourth-order valence-corrected chi connectivity index (χ4v) is 4.81. The van der Waals surface area contributed by atoms with Gasteiger partial charge < -0.3 is 29.2 Å². The number of carboxylic acid groups (broad SMARTS) is 2. The molecule has 4 aromatic carbocycles. The summed E-state index contributed by atoms with van der Waals surface area (Å²) < 4.78 is 22.7. The molecule has 0 atom stereocenters. The fourth-order valence-electron chi connectivity index (χ4n) is 4.81. The molecule has 0 aromatic heterocycles. The maximum atomic E-state index is 10.9. The van der Waals surface area contributed by atoms with Crippen LogP contribution in [0.15, 0.2) is 109 Å². The molecule has 0 aliphatic carbocycles. The number of aliphatic carboxylic acids is 2. The summed E-state index contributed by atoms with van der Waals surface area (Å²) in [6.45, 7) is 1.83. The number of rotatable bonds is 9. The summed E-state index contributed by atoms with van der Waals surface area (Å²) in [7, 11) is 0. The number of fused-ring (bicyclic) bond motifs is 2. The Labute approximate surface area is 255 Å². The first-order chi connectivity index (χ1) is 21.4. The van der Waals surface area contributed by atoms with Crippen molar-refractivity contribution in [2.24, 2.45) is 0 Å². The van der Waals surface area contributed by atoms with Crippen LogP contribution >= 0.6 is 0 Å². The molecule has 2 heterocycles. The van der Waals surface area contributed by atoms with E-state index >= 15 is 0 Å². The molecular weight excluding hydrogens is 560 g/mol. The van der Waals surface area contributed by atoms with Crippen molar-refractivity contribution in [3.8, 4) is 23.0 Å². The van der Waals surface area contributed by atoms with Crippen molar-refractivity contribution >= 4 is 23.1 Å². The summed E-state index contributed by atoms with van der Waals surface area (Å²) >= 11 is 0. The molecule has 8 nitrogen and oxygen atoms in total. The van der Waals surface area contributed by atoms with Gasteiger partial charge in [0.15, 0.2) is 0 Å². The van der Waals surface area contributed by atoms with Crippen LogP contribution in [0.5, 0.6) is 23.0 Å². The average Bonchev–Trinajstić information content (AvgIpc) is 3.04. The molecule has 6 rings (SSSR count). The Balaban J connectivity index is 0.000000175. The lowest BCUT2D eigenvalue weighted by atomic mass is 9.99. The number of ether oxygens (including phenoxy) is 4. The highest BCUT2D eigenvalue weighted by atomic mass is 16.5. The Morgan fingerprint density at radius 2 is 1.30 bits per heavy atom. The molecular formula is C36H32O8. The van der Waals surface area contributed by atoms with Crippen molar-refractivity contribution in [2.75, 3.05) is 13.2 Å². The van der Waals surface area contributed by atoms with Gasteiger partial charge in [0.05, 0.1) is 13.0 Å². The van der Waals surface area contributed by atoms with E-state index in [9.17, 15) is 9.59 Å².